The summed E-state index contributed by atoms with van der Waals surface area (Å²) in [5.74, 6) is 0.830. The molecule has 0 saturated heterocycles. The van der Waals surface area contributed by atoms with Crippen LogP contribution in [0, 0.1) is 5.82 Å². The van der Waals surface area contributed by atoms with Gasteiger partial charge in [-0.2, -0.15) is 0 Å². The lowest BCUT2D eigenvalue weighted by atomic mass is 9.97. The molecule has 6 nitrogen and oxygen atoms in total. The minimum absolute atomic E-state index is 0.124. The standard InChI is InChI=1S/C22H20FN5OS2/c23-14-6-2-3-7-15(14)24-17(29)11-30-22-27-26-20-18-13-5-1-4-8-16(13)31-21(18)25-19(28(20)22)12-9-10-12/h2-3,6-7,12H,1,4-5,8-11H2,(H,24,29). The predicted octanol–water partition coefficient (Wildman–Crippen LogP) is 4.97. The molecule has 1 fully saturated rings. The van der Waals surface area contributed by atoms with E-state index >= 15 is 0 Å². The van der Waals surface area contributed by atoms with E-state index in [1.807, 2.05) is 0 Å². The highest BCUT2D eigenvalue weighted by Gasteiger charge is 2.32. The van der Waals surface area contributed by atoms with E-state index in [4.69, 9.17) is 4.98 Å². The first-order chi connectivity index (χ1) is 15.2. The second-order valence-corrected chi connectivity index (χ2v) is 10.1. The molecule has 6 rings (SSSR count). The van der Waals surface area contributed by atoms with Gasteiger partial charge in [0.05, 0.1) is 16.8 Å². The number of carbonyl (C=O) groups is 1. The number of aryl methyl sites for hydroxylation is 2. The summed E-state index contributed by atoms with van der Waals surface area (Å²) in [6.07, 6.45) is 6.85. The van der Waals surface area contributed by atoms with Crippen molar-refractivity contribution >= 4 is 50.6 Å². The van der Waals surface area contributed by atoms with Crippen molar-refractivity contribution in [1.82, 2.24) is 19.6 Å². The van der Waals surface area contributed by atoms with Gasteiger partial charge in [0, 0.05) is 10.8 Å². The van der Waals surface area contributed by atoms with Crippen LogP contribution in [0.3, 0.4) is 0 Å². The smallest absolute Gasteiger partial charge is 0.234 e. The van der Waals surface area contributed by atoms with E-state index in [1.165, 1.54) is 41.1 Å². The van der Waals surface area contributed by atoms with E-state index in [1.54, 1.807) is 29.5 Å². The largest absolute Gasteiger partial charge is 0.323 e. The number of para-hydroxylation sites is 1. The number of thioether (sulfide) groups is 1. The second kappa shape index (κ2) is 7.56. The van der Waals surface area contributed by atoms with Gasteiger partial charge in [-0.15, -0.1) is 21.5 Å². The van der Waals surface area contributed by atoms with E-state index in [2.05, 4.69) is 19.9 Å². The lowest BCUT2D eigenvalue weighted by Crippen LogP contribution is -2.15. The van der Waals surface area contributed by atoms with Crippen molar-refractivity contribution in [3.63, 3.8) is 0 Å². The average Bonchev–Trinajstić information content (AvgIpc) is 3.43. The number of halogens is 1. The van der Waals surface area contributed by atoms with Gasteiger partial charge in [-0.3, -0.25) is 9.20 Å². The van der Waals surface area contributed by atoms with Crippen LogP contribution in [0.4, 0.5) is 10.1 Å². The van der Waals surface area contributed by atoms with Crippen molar-refractivity contribution in [1.29, 1.82) is 0 Å². The second-order valence-electron chi connectivity index (χ2n) is 8.09. The number of carbonyl (C=O) groups excluding carboxylic acids is 1. The number of nitrogens with zero attached hydrogens (tertiary/aromatic N) is 4. The van der Waals surface area contributed by atoms with E-state index in [-0.39, 0.29) is 17.3 Å². The maximum absolute atomic E-state index is 13.8. The number of anilines is 1. The number of rotatable bonds is 5. The summed E-state index contributed by atoms with van der Waals surface area (Å²) in [6, 6.07) is 6.17. The van der Waals surface area contributed by atoms with Gasteiger partial charge < -0.3 is 5.32 Å². The molecular weight excluding hydrogens is 433 g/mol. The first-order valence-corrected chi connectivity index (χ1v) is 12.4. The van der Waals surface area contributed by atoms with E-state index < -0.39 is 5.82 Å². The predicted molar refractivity (Wildman–Crippen MR) is 121 cm³/mol. The molecule has 0 radical (unpaired) electrons. The minimum atomic E-state index is -0.446. The van der Waals surface area contributed by atoms with Crippen molar-refractivity contribution in [2.45, 2.75) is 49.6 Å². The van der Waals surface area contributed by atoms with Gasteiger partial charge in [0.15, 0.2) is 10.8 Å². The number of benzene rings is 1. The lowest BCUT2D eigenvalue weighted by molar-refractivity contribution is -0.113. The van der Waals surface area contributed by atoms with Crippen molar-refractivity contribution in [2.24, 2.45) is 0 Å². The molecule has 3 aromatic heterocycles. The number of thiophene rings is 1. The van der Waals surface area contributed by atoms with E-state index in [0.29, 0.717) is 11.1 Å². The normalized spacial score (nSPS) is 16.0. The van der Waals surface area contributed by atoms with Gasteiger partial charge in [0.25, 0.3) is 0 Å². The number of amides is 1. The Hall–Kier alpha value is -2.52. The zero-order valence-corrected chi connectivity index (χ0v) is 18.4. The molecular formula is C22H20FN5OS2. The Morgan fingerprint density at radius 2 is 2.06 bits per heavy atom. The third kappa shape index (κ3) is 3.40. The molecule has 1 amide bonds. The molecule has 0 aliphatic heterocycles. The fraction of sp³-hybridized carbons (Fsp3) is 0.364. The van der Waals surface area contributed by atoms with E-state index in [0.717, 1.165) is 47.4 Å². The maximum Gasteiger partial charge on any atom is 0.234 e. The third-order valence-electron chi connectivity index (χ3n) is 5.88. The summed E-state index contributed by atoms with van der Waals surface area (Å²) in [4.78, 5) is 20.0. The van der Waals surface area contributed by atoms with Crippen molar-refractivity contribution in [3.05, 3.63) is 46.3 Å². The molecule has 4 aromatic rings. The van der Waals surface area contributed by atoms with Gasteiger partial charge in [0.1, 0.15) is 16.5 Å². The highest BCUT2D eigenvalue weighted by atomic mass is 32.2. The number of aromatic nitrogens is 4. The first-order valence-electron chi connectivity index (χ1n) is 10.6. The Kier molecular flexibility index (Phi) is 4.68. The number of fused-ring (bicyclic) bond motifs is 5. The van der Waals surface area contributed by atoms with Crippen LogP contribution in [-0.2, 0) is 17.6 Å². The summed E-state index contributed by atoms with van der Waals surface area (Å²) in [5, 5.41) is 13.4. The van der Waals surface area contributed by atoms with Crippen LogP contribution in [0.25, 0.3) is 15.9 Å². The van der Waals surface area contributed by atoms with Crippen LogP contribution >= 0.6 is 23.1 Å². The fourth-order valence-electron chi connectivity index (χ4n) is 4.24. The van der Waals surface area contributed by atoms with Crippen LogP contribution in [0.1, 0.15) is 47.9 Å². The summed E-state index contributed by atoms with van der Waals surface area (Å²) in [7, 11) is 0. The van der Waals surface area contributed by atoms with Crippen molar-refractivity contribution in [2.75, 3.05) is 11.1 Å². The molecule has 1 N–H and O–H groups in total. The Morgan fingerprint density at radius 1 is 1.23 bits per heavy atom. The molecule has 0 unspecified atom stereocenters. The van der Waals surface area contributed by atoms with Gasteiger partial charge in [-0.05, 0) is 56.2 Å². The quantitative estimate of drug-likeness (QED) is 0.432. The summed E-state index contributed by atoms with van der Waals surface area (Å²) >= 11 is 3.12. The number of nitrogens with one attached hydrogen (secondary N) is 1. The summed E-state index contributed by atoms with van der Waals surface area (Å²) in [5.41, 5.74) is 2.43. The molecule has 0 atom stereocenters. The molecule has 0 spiro atoms. The Labute approximate surface area is 186 Å². The molecule has 2 aliphatic rings. The topological polar surface area (TPSA) is 72.2 Å². The highest BCUT2D eigenvalue weighted by molar-refractivity contribution is 7.99. The first kappa shape index (κ1) is 19.2. The van der Waals surface area contributed by atoms with E-state index in [9.17, 15) is 9.18 Å². The summed E-state index contributed by atoms with van der Waals surface area (Å²) < 4.78 is 15.9. The zero-order chi connectivity index (χ0) is 20.9. The molecule has 3 heterocycles. The molecule has 158 valence electrons. The SMILES string of the molecule is O=C(CSc1nnc2c3c4c(sc3nc(C3CC3)n12)CCCC4)Nc1ccccc1F. The van der Waals surface area contributed by atoms with Crippen LogP contribution in [-0.4, -0.2) is 31.2 Å². The molecule has 1 saturated carbocycles. The molecule has 1 aromatic carbocycles. The zero-order valence-electron chi connectivity index (χ0n) is 16.7. The van der Waals surface area contributed by atoms with Gasteiger partial charge in [-0.1, -0.05) is 23.9 Å². The summed E-state index contributed by atoms with van der Waals surface area (Å²) in [6.45, 7) is 0. The third-order valence-corrected chi connectivity index (χ3v) is 7.99. The lowest BCUT2D eigenvalue weighted by Gasteiger charge is -2.11. The fourth-order valence-corrected chi connectivity index (χ4v) is 6.24. The van der Waals surface area contributed by atoms with Crippen LogP contribution in [0.5, 0.6) is 0 Å². The Bertz CT molecular complexity index is 1330. The molecule has 31 heavy (non-hydrogen) atoms. The van der Waals surface area contributed by atoms with Gasteiger partial charge >= 0.3 is 0 Å². The van der Waals surface area contributed by atoms with Gasteiger partial charge in [0.2, 0.25) is 5.91 Å². The van der Waals surface area contributed by atoms with Crippen molar-refractivity contribution < 1.29 is 9.18 Å². The average molecular weight is 454 g/mol. The molecule has 0 bridgehead atoms. The monoisotopic (exact) mass is 453 g/mol. The minimum Gasteiger partial charge on any atom is -0.323 e. The van der Waals surface area contributed by atoms with Crippen molar-refractivity contribution in [3.8, 4) is 0 Å². The number of hydrogen-bond donors (Lipinski definition) is 1. The Balaban J connectivity index is 1.35. The maximum atomic E-state index is 13.8. The number of hydrogen-bond acceptors (Lipinski definition) is 6. The van der Waals surface area contributed by atoms with Crippen LogP contribution < -0.4 is 5.32 Å². The van der Waals surface area contributed by atoms with Gasteiger partial charge in [-0.25, -0.2) is 9.37 Å². The molecule has 2 aliphatic carbocycles. The Morgan fingerprint density at radius 3 is 2.90 bits per heavy atom. The van der Waals surface area contributed by atoms with Crippen LogP contribution in [0.15, 0.2) is 29.4 Å². The molecule has 9 heteroatoms. The highest BCUT2D eigenvalue weighted by Crippen LogP contribution is 2.44. The van der Waals surface area contributed by atoms with Crippen LogP contribution in [0.2, 0.25) is 0 Å².